The van der Waals surface area contributed by atoms with Gasteiger partial charge in [0.2, 0.25) is 0 Å². The molecule has 4 heteroatoms. The predicted octanol–water partition coefficient (Wildman–Crippen LogP) is 2.73. The fourth-order valence-electron chi connectivity index (χ4n) is 2.88. The molecule has 0 aromatic heterocycles. The Balaban J connectivity index is 1.98. The van der Waals surface area contributed by atoms with Crippen LogP contribution in [-0.4, -0.2) is 31.0 Å². The summed E-state index contributed by atoms with van der Waals surface area (Å²) in [4.78, 5) is 0. The van der Waals surface area contributed by atoms with E-state index in [0.29, 0.717) is 5.92 Å². The van der Waals surface area contributed by atoms with Gasteiger partial charge in [0.15, 0.2) is 11.5 Å². The molecule has 2 atom stereocenters. The normalized spacial score (nSPS) is 21.8. The van der Waals surface area contributed by atoms with Crippen LogP contribution in [0.3, 0.4) is 0 Å². The van der Waals surface area contributed by atoms with Crippen molar-refractivity contribution in [1.82, 2.24) is 5.32 Å². The van der Waals surface area contributed by atoms with Crippen molar-refractivity contribution in [3.63, 3.8) is 0 Å². The zero-order valence-electron chi connectivity index (χ0n) is 13.3. The van der Waals surface area contributed by atoms with Crippen molar-refractivity contribution in [1.29, 1.82) is 0 Å². The molecule has 4 nitrogen and oxygen atoms in total. The first-order chi connectivity index (χ1) is 10.1. The standard InChI is InChI=1S/C17H27NO3/c1-12(2)21-17-14(7-5-9-16(17)20-3)11-18-10-13-6-4-8-15(13)19/h5,7,9,12-13,15,18-19H,4,6,8,10-11H2,1-3H3. The van der Waals surface area contributed by atoms with E-state index >= 15 is 0 Å². The molecule has 0 amide bonds. The second kappa shape index (κ2) is 7.66. The van der Waals surface area contributed by atoms with Crippen LogP contribution in [0.4, 0.5) is 0 Å². The monoisotopic (exact) mass is 293 g/mol. The molecule has 0 heterocycles. The Morgan fingerprint density at radius 2 is 2.14 bits per heavy atom. The number of benzene rings is 1. The summed E-state index contributed by atoms with van der Waals surface area (Å²) in [7, 11) is 1.66. The number of nitrogens with one attached hydrogen (secondary N) is 1. The van der Waals surface area contributed by atoms with Crippen LogP contribution in [0.5, 0.6) is 11.5 Å². The van der Waals surface area contributed by atoms with Gasteiger partial charge in [0.1, 0.15) is 0 Å². The Morgan fingerprint density at radius 1 is 1.33 bits per heavy atom. The maximum atomic E-state index is 9.86. The van der Waals surface area contributed by atoms with Gasteiger partial charge in [-0.05, 0) is 38.7 Å². The lowest BCUT2D eigenvalue weighted by atomic mass is 10.1. The molecular weight excluding hydrogens is 266 g/mol. The minimum Gasteiger partial charge on any atom is -0.493 e. The molecule has 21 heavy (non-hydrogen) atoms. The summed E-state index contributed by atoms with van der Waals surface area (Å²) in [6.07, 6.45) is 3.15. The molecule has 0 radical (unpaired) electrons. The molecule has 1 saturated carbocycles. The molecule has 1 aromatic rings. The summed E-state index contributed by atoms with van der Waals surface area (Å²) in [5.41, 5.74) is 1.09. The van der Waals surface area contributed by atoms with Crippen LogP contribution in [-0.2, 0) is 6.54 Å². The van der Waals surface area contributed by atoms with E-state index in [1.807, 2.05) is 26.0 Å². The SMILES string of the molecule is COc1cccc(CNCC2CCCC2O)c1OC(C)C. The first-order valence-corrected chi connectivity index (χ1v) is 7.83. The number of hydrogen-bond acceptors (Lipinski definition) is 4. The summed E-state index contributed by atoms with van der Waals surface area (Å²) in [5, 5.41) is 13.3. The van der Waals surface area contributed by atoms with Crippen molar-refractivity contribution in [3.8, 4) is 11.5 Å². The van der Waals surface area contributed by atoms with Gasteiger partial charge in [-0.25, -0.2) is 0 Å². The molecule has 2 unspecified atom stereocenters. The summed E-state index contributed by atoms with van der Waals surface area (Å²) in [6.45, 7) is 5.60. The fourth-order valence-corrected chi connectivity index (χ4v) is 2.88. The molecular formula is C17H27NO3. The van der Waals surface area contributed by atoms with E-state index in [9.17, 15) is 5.11 Å². The highest BCUT2D eigenvalue weighted by molar-refractivity contribution is 5.46. The molecule has 1 fully saturated rings. The van der Waals surface area contributed by atoms with E-state index < -0.39 is 0 Å². The number of para-hydroxylation sites is 1. The predicted molar refractivity (Wildman–Crippen MR) is 83.8 cm³/mol. The van der Waals surface area contributed by atoms with Gasteiger partial charge in [0.05, 0.1) is 19.3 Å². The fraction of sp³-hybridized carbons (Fsp3) is 0.647. The van der Waals surface area contributed by atoms with Gasteiger partial charge < -0.3 is 19.9 Å². The molecule has 0 spiro atoms. The summed E-state index contributed by atoms with van der Waals surface area (Å²) in [5.74, 6) is 1.96. The van der Waals surface area contributed by atoms with Gasteiger partial charge in [-0.15, -0.1) is 0 Å². The number of aliphatic hydroxyl groups excluding tert-OH is 1. The molecule has 0 aliphatic heterocycles. The van der Waals surface area contributed by atoms with Crippen molar-refractivity contribution in [2.24, 2.45) is 5.92 Å². The van der Waals surface area contributed by atoms with E-state index in [1.54, 1.807) is 7.11 Å². The van der Waals surface area contributed by atoms with E-state index in [-0.39, 0.29) is 12.2 Å². The molecule has 2 rings (SSSR count). The lowest BCUT2D eigenvalue weighted by Gasteiger charge is -2.19. The van der Waals surface area contributed by atoms with Crippen LogP contribution in [0.1, 0.15) is 38.7 Å². The van der Waals surface area contributed by atoms with Crippen LogP contribution >= 0.6 is 0 Å². The van der Waals surface area contributed by atoms with Crippen LogP contribution in [0, 0.1) is 5.92 Å². The number of hydrogen-bond donors (Lipinski definition) is 2. The van der Waals surface area contributed by atoms with E-state index in [1.165, 1.54) is 0 Å². The third kappa shape index (κ3) is 4.35. The lowest BCUT2D eigenvalue weighted by Crippen LogP contribution is -2.27. The number of aliphatic hydroxyl groups is 1. The largest absolute Gasteiger partial charge is 0.493 e. The number of methoxy groups -OCH3 is 1. The molecule has 1 aliphatic rings. The van der Waals surface area contributed by atoms with Gasteiger partial charge >= 0.3 is 0 Å². The topological polar surface area (TPSA) is 50.7 Å². The highest BCUT2D eigenvalue weighted by Crippen LogP contribution is 2.32. The smallest absolute Gasteiger partial charge is 0.166 e. The lowest BCUT2D eigenvalue weighted by molar-refractivity contribution is 0.131. The van der Waals surface area contributed by atoms with Crippen LogP contribution < -0.4 is 14.8 Å². The summed E-state index contributed by atoms with van der Waals surface area (Å²) >= 11 is 0. The first kappa shape index (κ1) is 16.1. The van der Waals surface area contributed by atoms with Gasteiger partial charge in [-0.1, -0.05) is 18.6 Å². The van der Waals surface area contributed by atoms with Crippen molar-refractivity contribution < 1.29 is 14.6 Å². The Kier molecular flexibility index (Phi) is 5.88. The van der Waals surface area contributed by atoms with Gasteiger partial charge in [0.25, 0.3) is 0 Å². The zero-order chi connectivity index (χ0) is 15.2. The Hall–Kier alpha value is -1.26. The van der Waals surface area contributed by atoms with Gasteiger partial charge in [0, 0.05) is 18.7 Å². The van der Waals surface area contributed by atoms with E-state index in [0.717, 1.165) is 49.4 Å². The van der Waals surface area contributed by atoms with Crippen molar-refractivity contribution in [3.05, 3.63) is 23.8 Å². The quantitative estimate of drug-likeness (QED) is 0.811. The maximum Gasteiger partial charge on any atom is 0.166 e. The van der Waals surface area contributed by atoms with Crippen molar-refractivity contribution in [2.45, 2.75) is 51.9 Å². The van der Waals surface area contributed by atoms with Crippen LogP contribution in [0.15, 0.2) is 18.2 Å². The Morgan fingerprint density at radius 3 is 2.76 bits per heavy atom. The van der Waals surface area contributed by atoms with Crippen LogP contribution in [0.25, 0.3) is 0 Å². The average Bonchev–Trinajstić information content (AvgIpc) is 2.85. The van der Waals surface area contributed by atoms with Gasteiger partial charge in [-0.3, -0.25) is 0 Å². The minimum atomic E-state index is -0.144. The van der Waals surface area contributed by atoms with Crippen molar-refractivity contribution in [2.75, 3.05) is 13.7 Å². The number of ether oxygens (including phenoxy) is 2. The third-order valence-corrected chi connectivity index (χ3v) is 3.97. The molecule has 118 valence electrons. The van der Waals surface area contributed by atoms with E-state index in [4.69, 9.17) is 9.47 Å². The average molecular weight is 293 g/mol. The maximum absolute atomic E-state index is 9.86. The Labute approximate surface area is 127 Å². The first-order valence-electron chi connectivity index (χ1n) is 7.83. The van der Waals surface area contributed by atoms with Crippen LogP contribution in [0.2, 0.25) is 0 Å². The Bertz CT molecular complexity index is 448. The van der Waals surface area contributed by atoms with Crippen molar-refractivity contribution >= 4 is 0 Å². The highest BCUT2D eigenvalue weighted by Gasteiger charge is 2.24. The van der Waals surface area contributed by atoms with Gasteiger partial charge in [-0.2, -0.15) is 0 Å². The molecule has 1 aromatic carbocycles. The molecule has 1 aliphatic carbocycles. The number of rotatable bonds is 7. The zero-order valence-corrected chi connectivity index (χ0v) is 13.3. The second-order valence-electron chi connectivity index (χ2n) is 6.00. The third-order valence-electron chi connectivity index (χ3n) is 3.97. The second-order valence-corrected chi connectivity index (χ2v) is 6.00. The molecule has 0 saturated heterocycles. The molecule has 0 bridgehead atoms. The summed E-state index contributed by atoms with van der Waals surface area (Å²) in [6, 6.07) is 5.95. The summed E-state index contributed by atoms with van der Waals surface area (Å²) < 4.78 is 11.3. The van der Waals surface area contributed by atoms with E-state index in [2.05, 4.69) is 11.4 Å². The highest BCUT2D eigenvalue weighted by atomic mass is 16.5. The minimum absolute atomic E-state index is 0.108. The molecule has 2 N–H and O–H groups in total.